The highest BCUT2D eigenvalue weighted by molar-refractivity contribution is 5.94. The molecule has 156 valence electrons. The Morgan fingerprint density at radius 1 is 1.00 bits per heavy atom. The van der Waals surface area contributed by atoms with Gasteiger partial charge in [0, 0.05) is 0 Å². The molecular weight excluding hydrogens is 382 g/mol. The average molecular weight is 407 g/mol. The highest BCUT2D eigenvalue weighted by Crippen LogP contribution is 2.22. The van der Waals surface area contributed by atoms with Crippen molar-refractivity contribution in [1.82, 2.24) is 9.78 Å². The van der Waals surface area contributed by atoms with Crippen molar-refractivity contribution in [3.8, 4) is 11.4 Å². The van der Waals surface area contributed by atoms with Crippen LogP contribution in [0.25, 0.3) is 5.69 Å². The van der Waals surface area contributed by atoms with E-state index in [1.807, 2.05) is 70.2 Å². The fraction of sp³-hybridized carbons (Fsp3) is 0.261. The minimum absolute atomic E-state index is 0.263. The molecule has 0 bridgehead atoms. The second-order valence-electron chi connectivity index (χ2n) is 7.06. The summed E-state index contributed by atoms with van der Waals surface area (Å²) in [4.78, 5) is 24.2. The number of carbonyl (C=O) groups is 2. The molecule has 3 aromatic rings. The molecule has 0 aliphatic heterocycles. The van der Waals surface area contributed by atoms with Crippen molar-refractivity contribution in [1.29, 1.82) is 0 Å². The van der Waals surface area contributed by atoms with Crippen molar-refractivity contribution in [3.05, 3.63) is 71.0 Å². The second kappa shape index (κ2) is 9.26. The maximum absolute atomic E-state index is 12.3. The van der Waals surface area contributed by atoms with Crippen LogP contribution in [0.3, 0.4) is 0 Å². The van der Waals surface area contributed by atoms with Crippen LogP contribution in [0.15, 0.2) is 48.5 Å². The number of anilines is 1. The molecule has 0 aliphatic carbocycles. The zero-order chi connectivity index (χ0) is 21.7. The van der Waals surface area contributed by atoms with Gasteiger partial charge in [0.05, 0.1) is 22.8 Å². The van der Waals surface area contributed by atoms with E-state index in [9.17, 15) is 9.59 Å². The van der Waals surface area contributed by atoms with Crippen molar-refractivity contribution in [2.45, 2.75) is 27.7 Å². The second-order valence-corrected chi connectivity index (χ2v) is 7.06. The highest BCUT2D eigenvalue weighted by Gasteiger charge is 2.16. The number of amides is 1. The molecular formula is C23H25N3O4. The van der Waals surface area contributed by atoms with Gasteiger partial charge in [-0.2, -0.15) is 5.10 Å². The SMILES string of the molecule is Cc1ccc(OCC(=O)OCC(=O)Nc2c(C)nn(-c3ccccc3)c2C)c(C)c1. The predicted molar refractivity (Wildman–Crippen MR) is 114 cm³/mol. The van der Waals surface area contributed by atoms with Crippen molar-refractivity contribution < 1.29 is 19.1 Å². The number of esters is 1. The van der Waals surface area contributed by atoms with E-state index >= 15 is 0 Å². The third kappa shape index (κ3) is 5.05. The van der Waals surface area contributed by atoms with E-state index in [0.29, 0.717) is 17.1 Å². The Balaban J connectivity index is 1.53. The lowest BCUT2D eigenvalue weighted by Crippen LogP contribution is -2.24. The molecule has 0 atom stereocenters. The largest absolute Gasteiger partial charge is 0.482 e. The molecule has 30 heavy (non-hydrogen) atoms. The molecule has 7 heteroatoms. The number of para-hydroxylation sites is 1. The van der Waals surface area contributed by atoms with Crippen LogP contribution in [0.2, 0.25) is 0 Å². The highest BCUT2D eigenvalue weighted by atomic mass is 16.6. The Hall–Kier alpha value is -3.61. The minimum atomic E-state index is -0.612. The van der Waals surface area contributed by atoms with E-state index in [1.165, 1.54) is 0 Å². The van der Waals surface area contributed by atoms with E-state index in [4.69, 9.17) is 9.47 Å². The summed E-state index contributed by atoms with van der Waals surface area (Å²) < 4.78 is 12.3. The summed E-state index contributed by atoms with van der Waals surface area (Å²) in [6.45, 7) is 6.90. The molecule has 1 aromatic heterocycles. The number of nitrogens with zero attached hydrogens (tertiary/aromatic N) is 2. The summed E-state index contributed by atoms with van der Waals surface area (Å²) in [6, 6.07) is 15.3. The van der Waals surface area contributed by atoms with Crippen LogP contribution in [0.4, 0.5) is 5.69 Å². The van der Waals surface area contributed by atoms with E-state index in [1.54, 1.807) is 10.7 Å². The molecule has 1 amide bonds. The Bertz CT molecular complexity index is 1060. The number of nitrogens with one attached hydrogen (secondary N) is 1. The van der Waals surface area contributed by atoms with Crippen molar-refractivity contribution in [2.24, 2.45) is 0 Å². The van der Waals surface area contributed by atoms with Crippen LogP contribution in [-0.4, -0.2) is 34.9 Å². The van der Waals surface area contributed by atoms with Crippen LogP contribution in [-0.2, 0) is 14.3 Å². The van der Waals surface area contributed by atoms with Crippen LogP contribution in [0.5, 0.6) is 5.75 Å². The first kappa shape index (κ1) is 21.1. The summed E-state index contributed by atoms with van der Waals surface area (Å²) in [5.74, 6) is -0.436. The lowest BCUT2D eigenvalue weighted by atomic mass is 10.1. The lowest BCUT2D eigenvalue weighted by molar-refractivity contribution is -0.149. The molecule has 0 saturated heterocycles. The Morgan fingerprint density at radius 3 is 2.43 bits per heavy atom. The quantitative estimate of drug-likeness (QED) is 0.605. The number of hydrogen-bond acceptors (Lipinski definition) is 5. The fourth-order valence-corrected chi connectivity index (χ4v) is 3.11. The van der Waals surface area contributed by atoms with E-state index < -0.39 is 18.5 Å². The molecule has 0 spiro atoms. The van der Waals surface area contributed by atoms with Gasteiger partial charge in [0.1, 0.15) is 5.75 Å². The minimum Gasteiger partial charge on any atom is -0.482 e. The normalized spacial score (nSPS) is 10.5. The van der Waals surface area contributed by atoms with Gasteiger partial charge >= 0.3 is 5.97 Å². The van der Waals surface area contributed by atoms with Crippen LogP contribution >= 0.6 is 0 Å². The van der Waals surface area contributed by atoms with Crippen LogP contribution in [0.1, 0.15) is 22.5 Å². The van der Waals surface area contributed by atoms with Gasteiger partial charge in [0.25, 0.3) is 5.91 Å². The molecule has 0 aliphatic rings. The zero-order valence-electron chi connectivity index (χ0n) is 17.6. The first-order valence-electron chi connectivity index (χ1n) is 9.62. The van der Waals surface area contributed by atoms with Gasteiger partial charge in [-0.3, -0.25) is 4.79 Å². The van der Waals surface area contributed by atoms with Crippen LogP contribution in [0, 0.1) is 27.7 Å². The lowest BCUT2D eigenvalue weighted by Gasteiger charge is -2.10. The number of aryl methyl sites for hydroxylation is 3. The van der Waals surface area contributed by atoms with Crippen molar-refractivity contribution in [2.75, 3.05) is 18.5 Å². The molecule has 0 saturated carbocycles. The number of ether oxygens (including phenoxy) is 2. The Morgan fingerprint density at radius 2 is 1.73 bits per heavy atom. The first-order valence-corrected chi connectivity index (χ1v) is 9.62. The van der Waals surface area contributed by atoms with Gasteiger partial charge in [-0.05, 0) is 51.5 Å². The van der Waals surface area contributed by atoms with E-state index in [-0.39, 0.29) is 6.61 Å². The number of hydrogen-bond donors (Lipinski definition) is 1. The average Bonchev–Trinajstić information content (AvgIpc) is 3.00. The smallest absolute Gasteiger partial charge is 0.344 e. The predicted octanol–water partition coefficient (Wildman–Crippen LogP) is 3.67. The fourth-order valence-electron chi connectivity index (χ4n) is 3.11. The van der Waals surface area contributed by atoms with Gasteiger partial charge in [-0.25, -0.2) is 9.48 Å². The molecule has 1 N–H and O–H groups in total. The topological polar surface area (TPSA) is 82.4 Å². The summed E-state index contributed by atoms with van der Waals surface area (Å²) in [7, 11) is 0. The van der Waals surface area contributed by atoms with Gasteiger partial charge in [0.15, 0.2) is 13.2 Å². The third-order valence-electron chi connectivity index (χ3n) is 4.60. The van der Waals surface area contributed by atoms with Crippen molar-refractivity contribution in [3.63, 3.8) is 0 Å². The maximum atomic E-state index is 12.3. The number of benzene rings is 2. The molecule has 0 unspecified atom stereocenters. The van der Waals surface area contributed by atoms with Gasteiger partial charge in [0.2, 0.25) is 0 Å². The summed E-state index contributed by atoms with van der Waals surface area (Å²) in [6.07, 6.45) is 0. The zero-order valence-corrected chi connectivity index (χ0v) is 17.6. The number of carbonyl (C=O) groups excluding carboxylic acids is 2. The first-order chi connectivity index (χ1) is 14.3. The molecule has 0 radical (unpaired) electrons. The number of rotatable bonds is 7. The molecule has 1 heterocycles. The molecule has 3 rings (SSSR count). The monoisotopic (exact) mass is 407 g/mol. The molecule has 7 nitrogen and oxygen atoms in total. The number of aromatic nitrogens is 2. The molecule has 2 aromatic carbocycles. The van der Waals surface area contributed by atoms with Gasteiger partial charge in [-0.15, -0.1) is 0 Å². The van der Waals surface area contributed by atoms with Gasteiger partial charge < -0.3 is 14.8 Å². The molecule has 0 fully saturated rings. The Kier molecular flexibility index (Phi) is 6.51. The summed E-state index contributed by atoms with van der Waals surface area (Å²) >= 11 is 0. The Labute approximate surface area is 175 Å². The standard InChI is InChI=1S/C23H25N3O4/c1-15-10-11-20(16(2)12-15)29-14-22(28)30-13-21(27)24-23-17(3)25-26(18(23)4)19-8-6-5-7-9-19/h5-12H,13-14H2,1-4H3,(H,24,27). The third-order valence-corrected chi connectivity index (χ3v) is 4.60. The van der Waals surface area contributed by atoms with E-state index in [2.05, 4.69) is 10.4 Å². The summed E-state index contributed by atoms with van der Waals surface area (Å²) in [5, 5.41) is 7.25. The maximum Gasteiger partial charge on any atom is 0.344 e. The van der Waals surface area contributed by atoms with Crippen LogP contribution < -0.4 is 10.1 Å². The van der Waals surface area contributed by atoms with E-state index in [0.717, 1.165) is 22.5 Å². The van der Waals surface area contributed by atoms with Gasteiger partial charge in [-0.1, -0.05) is 35.9 Å². The van der Waals surface area contributed by atoms with Crippen molar-refractivity contribution >= 4 is 17.6 Å². The summed E-state index contributed by atoms with van der Waals surface area (Å²) in [5.41, 5.74) is 5.01.